The number of ether oxygens (including phenoxy) is 1. The molecule has 1 aromatic heterocycles. The van der Waals surface area contributed by atoms with Crippen molar-refractivity contribution in [1.82, 2.24) is 14.9 Å². The molecule has 0 atom stereocenters. The van der Waals surface area contributed by atoms with Gasteiger partial charge in [0.25, 0.3) is 0 Å². The van der Waals surface area contributed by atoms with Gasteiger partial charge in [-0.3, -0.25) is 9.36 Å². The number of carbonyl (C=O) groups is 1. The molecule has 3 rings (SSSR count). The van der Waals surface area contributed by atoms with Crippen molar-refractivity contribution in [3.05, 3.63) is 64.6 Å². The number of imidazole rings is 1. The molecule has 1 heterocycles. The maximum Gasteiger partial charge on any atom is 0.223 e. The van der Waals surface area contributed by atoms with Crippen LogP contribution in [0.2, 0.25) is 5.15 Å². The number of amides is 1. The molecule has 0 spiro atoms. The van der Waals surface area contributed by atoms with Crippen LogP contribution >= 0.6 is 24.0 Å². The lowest BCUT2D eigenvalue weighted by Crippen LogP contribution is -2.20. The van der Waals surface area contributed by atoms with Crippen LogP contribution < -0.4 is 10.1 Å². The standard InChI is InChI=1S/C21H20ClF2N3O2.ClH/c1-12-4-6-14(7-5-12)27-13(2)26-21(22)20(27)19-16(23)10-15(11-17(19)24)29-9-8-18(28)25-3;/h4-7,10-11H,8-9H2,1-3H3,(H,25,28);1H. The van der Waals surface area contributed by atoms with E-state index in [9.17, 15) is 13.6 Å². The number of halogens is 4. The Kier molecular flexibility index (Phi) is 7.81. The zero-order chi connectivity index (χ0) is 21.1. The van der Waals surface area contributed by atoms with Crippen molar-refractivity contribution in [1.29, 1.82) is 0 Å². The summed E-state index contributed by atoms with van der Waals surface area (Å²) < 4.78 is 36.7. The number of rotatable bonds is 6. The first-order chi connectivity index (χ1) is 13.8. The topological polar surface area (TPSA) is 56.1 Å². The molecule has 30 heavy (non-hydrogen) atoms. The van der Waals surface area contributed by atoms with Crippen LogP contribution in [0.15, 0.2) is 36.4 Å². The number of hydrogen-bond acceptors (Lipinski definition) is 3. The summed E-state index contributed by atoms with van der Waals surface area (Å²) in [6, 6.07) is 9.58. The monoisotopic (exact) mass is 455 g/mol. The Morgan fingerprint density at radius 3 is 2.33 bits per heavy atom. The van der Waals surface area contributed by atoms with Crippen molar-refractivity contribution < 1.29 is 18.3 Å². The number of nitrogens with zero attached hydrogens (tertiary/aromatic N) is 2. The summed E-state index contributed by atoms with van der Waals surface area (Å²) in [6.07, 6.45) is 0.0761. The van der Waals surface area contributed by atoms with Crippen molar-refractivity contribution in [3.8, 4) is 22.7 Å². The maximum atomic E-state index is 14.9. The molecule has 2 aromatic carbocycles. The van der Waals surface area contributed by atoms with Crippen LogP contribution in [0.1, 0.15) is 17.8 Å². The van der Waals surface area contributed by atoms with Crippen LogP contribution in [0.5, 0.6) is 5.75 Å². The van der Waals surface area contributed by atoms with Gasteiger partial charge in [-0.05, 0) is 26.0 Å². The van der Waals surface area contributed by atoms with Crippen molar-refractivity contribution >= 4 is 29.9 Å². The van der Waals surface area contributed by atoms with E-state index in [1.807, 2.05) is 31.2 Å². The molecular weight excluding hydrogens is 435 g/mol. The SMILES string of the molecule is CNC(=O)CCOc1cc(F)c(-c2c(Cl)nc(C)n2-c2ccc(C)cc2)c(F)c1.Cl. The molecule has 9 heteroatoms. The van der Waals surface area contributed by atoms with Gasteiger partial charge in [-0.2, -0.15) is 0 Å². The molecule has 0 radical (unpaired) electrons. The van der Waals surface area contributed by atoms with Gasteiger partial charge < -0.3 is 10.1 Å². The molecule has 0 aliphatic rings. The third-order valence-corrected chi connectivity index (χ3v) is 4.69. The minimum Gasteiger partial charge on any atom is -0.493 e. The van der Waals surface area contributed by atoms with E-state index in [0.717, 1.165) is 17.7 Å². The molecule has 0 bridgehead atoms. The average Bonchev–Trinajstić information content (AvgIpc) is 2.95. The minimum atomic E-state index is -0.838. The second kappa shape index (κ2) is 9.91. The molecule has 0 unspecified atom stereocenters. The van der Waals surface area contributed by atoms with Gasteiger partial charge in [0, 0.05) is 24.9 Å². The van der Waals surface area contributed by atoms with Gasteiger partial charge in [0.2, 0.25) is 5.91 Å². The first-order valence-corrected chi connectivity index (χ1v) is 9.34. The summed E-state index contributed by atoms with van der Waals surface area (Å²) >= 11 is 6.24. The molecule has 0 aliphatic heterocycles. The third kappa shape index (κ3) is 4.91. The largest absolute Gasteiger partial charge is 0.493 e. The fraction of sp³-hybridized carbons (Fsp3) is 0.238. The summed E-state index contributed by atoms with van der Waals surface area (Å²) in [5.74, 6) is -1.42. The van der Waals surface area contributed by atoms with Crippen LogP contribution in [0.25, 0.3) is 16.9 Å². The fourth-order valence-electron chi connectivity index (χ4n) is 2.97. The Morgan fingerprint density at radius 2 is 1.77 bits per heavy atom. The Hall–Kier alpha value is -2.64. The van der Waals surface area contributed by atoms with E-state index in [2.05, 4.69) is 10.3 Å². The van der Waals surface area contributed by atoms with E-state index in [0.29, 0.717) is 11.5 Å². The molecular formula is C21H21Cl2F2N3O2. The average molecular weight is 456 g/mol. The Morgan fingerprint density at radius 1 is 1.17 bits per heavy atom. The number of hydrogen-bond donors (Lipinski definition) is 1. The highest BCUT2D eigenvalue weighted by atomic mass is 35.5. The van der Waals surface area contributed by atoms with Crippen LogP contribution in [0.3, 0.4) is 0 Å². The van der Waals surface area contributed by atoms with Crippen molar-refractivity contribution in [2.24, 2.45) is 0 Å². The predicted molar refractivity (Wildman–Crippen MR) is 115 cm³/mol. The maximum absolute atomic E-state index is 14.9. The first-order valence-electron chi connectivity index (χ1n) is 8.96. The molecule has 0 saturated heterocycles. The molecule has 1 N–H and O–H groups in total. The first kappa shape index (κ1) is 23.6. The van der Waals surface area contributed by atoms with Gasteiger partial charge in [-0.15, -0.1) is 12.4 Å². The molecule has 160 valence electrons. The molecule has 1 amide bonds. The normalized spacial score (nSPS) is 10.5. The highest BCUT2D eigenvalue weighted by Crippen LogP contribution is 2.36. The van der Waals surface area contributed by atoms with Gasteiger partial charge in [-0.1, -0.05) is 29.3 Å². The quantitative estimate of drug-likeness (QED) is 0.567. The number of aromatic nitrogens is 2. The van der Waals surface area contributed by atoms with E-state index in [1.165, 1.54) is 7.05 Å². The highest BCUT2D eigenvalue weighted by molar-refractivity contribution is 6.32. The molecule has 0 aliphatic carbocycles. The van der Waals surface area contributed by atoms with Crippen molar-refractivity contribution in [3.63, 3.8) is 0 Å². The molecule has 0 fully saturated rings. The Balaban J connectivity index is 0.00000320. The number of aryl methyl sites for hydroxylation is 2. The van der Waals surface area contributed by atoms with Gasteiger partial charge in [-0.25, -0.2) is 13.8 Å². The summed E-state index contributed by atoms with van der Waals surface area (Å²) in [7, 11) is 1.50. The zero-order valence-electron chi connectivity index (χ0n) is 16.6. The van der Waals surface area contributed by atoms with Gasteiger partial charge in [0.1, 0.15) is 23.2 Å². The van der Waals surface area contributed by atoms with Crippen LogP contribution in [0.4, 0.5) is 8.78 Å². The van der Waals surface area contributed by atoms with E-state index < -0.39 is 11.6 Å². The summed E-state index contributed by atoms with van der Waals surface area (Å²) in [5, 5.41) is 2.44. The van der Waals surface area contributed by atoms with E-state index >= 15 is 0 Å². The lowest BCUT2D eigenvalue weighted by atomic mass is 10.1. The van der Waals surface area contributed by atoms with Gasteiger partial charge >= 0.3 is 0 Å². The van der Waals surface area contributed by atoms with E-state index in [-0.39, 0.29) is 53.5 Å². The van der Waals surface area contributed by atoms with E-state index in [4.69, 9.17) is 16.3 Å². The highest BCUT2D eigenvalue weighted by Gasteiger charge is 2.24. The summed E-state index contributed by atoms with van der Waals surface area (Å²) in [4.78, 5) is 15.4. The second-order valence-corrected chi connectivity index (χ2v) is 6.86. The van der Waals surface area contributed by atoms with Gasteiger partial charge in [0.05, 0.1) is 24.3 Å². The van der Waals surface area contributed by atoms with Crippen molar-refractivity contribution in [2.45, 2.75) is 20.3 Å². The lowest BCUT2D eigenvalue weighted by molar-refractivity contribution is -0.121. The summed E-state index contributed by atoms with van der Waals surface area (Å²) in [6.45, 7) is 3.65. The predicted octanol–water partition coefficient (Wildman–Crippen LogP) is 5.02. The second-order valence-electron chi connectivity index (χ2n) is 6.50. The van der Waals surface area contributed by atoms with Crippen molar-refractivity contribution in [2.75, 3.05) is 13.7 Å². The summed E-state index contributed by atoms with van der Waals surface area (Å²) in [5.41, 5.74) is 1.57. The third-order valence-electron chi connectivity index (χ3n) is 4.42. The van der Waals surface area contributed by atoms with Crippen LogP contribution in [-0.4, -0.2) is 29.1 Å². The number of nitrogens with one attached hydrogen (secondary N) is 1. The number of carbonyl (C=O) groups excluding carboxylic acids is 1. The molecule has 5 nitrogen and oxygen atoms in total. The Bertz CT molecular complexity index is 1030. The smallest absolute Gasteiger partial charge is 0.223 e. The lowest BCUT2D eigenvalue weighted by Gasteiger charge is -2.14. The Labute approximate surface area is 184 Å². The molecule has 0 saturated carbocycles. The zero-order valence-corrected chi connectivity index (χ0v) is 18.2. The van der Waals surface area contributed by atoms with E-state index in [1.54, 1.807) is 11.5 Å². The van der Waals surface area contributed by atoms with Gasteiger partial charge in [0.15, 0.2) is 5.15 Å². The fourth-order valence-corrected chi connectivity index (χ4v) is 3.27. The molecule has 3 aromatic rings. The minimum absolute atomic E-state index is 0. The number of benzene rings is 2. The van der Waals surface area contributed by atoms with Crippen LogP contribution in [0, 0.1) is 25.5 Å². The van der Waals surface area contributed by atoms with Crippen LogP contribution in [-0.2, 0) is 4.79 Å².